The van der Waals surface area contributed by atoms with E-state index < -0.39 is 5.97 Å². The molecule has 0 spiro atoms. The Hall–Kier alpha value is -2.04. The predicted molar refractivity (Wildman–Crippen MR) is 90.5 cm³/mol. The summed E-state index contributed by atoms with van der Waals surface area (Å²) in [7, 11) is 0. The average molecular weight is 318 g/mol. The number of nitrogens with one attached hydrogen (secondary N) is 2. The third-order valence-electron chi connectivity index (χ3n) is 4.05. The lowest BCUT2D eigenvalue weighted by atomic mass is 10.1. The number of para-hydroxylation sites is 1. The molecule has 2 N–H and O–H groups in total. The van der Waals surface area contributed by atoms with Crippen molar-refractivity contribution < 1.29 is 14.3 Å². The van der Waals surface area contributed by atoms with Gasteiger partial charge in [0.2, 0.25) is 0 Å². The lowest BCUT2D eigenvalue weighted by Gasteiger charge is -2.13. The molecule has 5 nitrogen and oxygen atoms in total. The van der Waals surface area contributed by atoms with Crippen molar-refractivity contribution in [3.63, 3.8) is 0 Å². The van der Waals surface area contributed by atoms with Crippen molar-refractivity contribution in [2.75, 3.05) is 18.5 Å². The molecule has 0 aliphatic heterocycles. The van der Waals surface area contributed by atoms with Crippen LogP contribution in [0.25, 0.3) is 0 Å². The first kappa shape index (κ1) is 17.3. The smallest absolute Gasteiger partial charge is 0.340 e. The minimum atomic E-state index is -0.467. The number of anilines is 1. The van der Waals surface area contributed by atoms with E-state index in [9.17, 15) is 9.59 Å². The number of hydrogen-bond donors (Lipinski definition) is 2. The number of hydrogen-bond acceptors (Lipinski definition) is 4. The Morgan fingerprint density at radius 2 is 1.96 bits per heavy atom. The summed E-state index contributed by atoms with van der Waals surface area (Å²) in [6.45, 7) is 2.70. The largest absolute Gasteiger partial charge is 0.452 e. The van der Waals surface area contributed by atoms with Gasteiger partial charge in [0.15, 0.2) is 6.61 Å². The zero-order valence-corrected chi connectivity index (χ0v) is 13.8. The fourth-order valence-electron chi connectivity index (χ4n) is 2.76. The summed E-state index contributed by atoms with van der Waals surface area (Å²) < 4.78 is 5.16. The van der Waals surface area contributed by atoms with E-state index in [-0.39, 0.29) is 18.6 Å². The Balaban J connectivity index is 1.83. The second-order valence-electron chi connectivity index (χ2n) is 5.95. The molecule has 1 amide bonds. The fourth-order valence-corrected chi connectivity index (χ4v) is 2.76. The molecule has 1 aromatic carbocycles. The fraction of sp³-hybridized carbons (Fsp3) is 0.556. The quantitative estimate of drug-likeness (QED) is 0.571. The van der Waals surface area contributed by atoms with Crippen LogP contribution in [0.5, 0.6) is 0 Å². The number of carbonyl (C=O) groups is 2. The molecule has 0 radical (unpaired) electrons. The number of rotatable bonds is 8. The van der Waals surface area contributed by atoms with Crippen molar-refractivity contribution in [2.45, 2.75) is 51.5 Å². The minimum Gasteiger partial charge on any atom is -0.452 e. The summed E-state index contributed by atoms with van der Waals surface area (Å²) >= 11 is 0. The van der Waals surface area contributed by atoms with Crippen LogP contribution in [0.15, 0.2) is 24.3 Å². The molecule has 0 atom stereocenters. The summed E-state index contributed by atoms with van der Waals surface area (Å²) in [5.41, 5.74) is 1.22. The molecule has 2 rings (SSSR count). The van der Waals surface area contributed by atoms with Gasteiger partial charge in [0.25, 0.3) is 5.91 Å². The second-order valence-corrected chi connectivity index (χ2v) is 5.95. The molecule has 1 aromatic rings. The molecule has 1 saturated carbocycles. The molecule has 1 aliphatic rings. The maximum Gasteiger partial charge on any atom is 0.340 e. The van der Waals surface area contributed by atoms with Crippen LogP contribution < -0.4 is 10.6 Å². The highest BCUT2D eigenvalue weighted by atomic mass is 16.5. The number of esters is 1. The predicted octanol–water partition coefficient (Wildman–Crippen LogP) is 3.11. The van der Waals surface area contributed by atoms with Gasteiger partial charge in [-0.05, 0) is 31.4 Å². The summed E-state index contributed by atoms with van der Waals surface area (Å²) in [4.78, 5) is 24.0. The number of unbranched alkanes of at least 4 members (excludes halogenated alkanes) is 1. The highest BCUT2D eigenvalue weighted by molar-refractivity contribution is 5.96. The molecule has 126 valence electrons. The van der Waals surface area contributed by atoms with E-state index in [2.05, 4.69) is 17.6 Å². The number of ether oxygens (including phenoxy) is 1. The van der Waals surface area contributed by atoms with E-state index in [0.29, 0.717) is 5.56 Å². The van der Waals surface area contributed by atoms with Crippen LogP contribution in [0.4, 0.5) is 5.69 Å². The van der Waals surface area contributed by atoms with Gasteiger partial charge in [0, 0.05) is 18.3 Å². The molecule has 1 fully saturated rings. The first-order valence-corrected chi connectivity index (χ1v) is 8.50. The standard InChI is InChI=1S/C18H26N2O3/c1-2-3-12-19-16-11-7-6-10-15(16)18(22)23-13-17(21)20-14-8-4-5-9-14/h6-7,10-11,14,19H,2-5,8-9,12-13H2,1H3,(H,20,21). The molecule has 0 saturated heterocycles. The lowest BCUT2D eigenvalue weighted by molar-refractivity contribution is -0.124. The molecular formula is C18H26N2O3. The SMILES string of the molecule is CCCCNc1ccccc1C(=O)OCC(=O)NC1CCCC1. The molecule has 0 aromatic heterocycles. The van der Waals surface area contributed by atoms with Crippen LogP contribution in [-0.4, -0.2) is 31.1 Å². The van der Waals surface area contributed by atoms with Crippen molar-refractivity contribution >= 4 is 17.6 Å². The van der Waals surface area contributed by atoms with Gasteiger partial charge in [0.05, 0.1) is 5.56 Å². The van der Waals surface area contributed by atoms with Gasteiger partial charge in [-0.15, -0.1) is 0 Å². The highest BCUT2D eigenvalue weighted by Gasteiger charge is 2.19. The topological polar surface area (TPSA) is 67.4 Å². The number of amides is 1. The third-order valence-corrected chi connectivity index (χ3v) is 4.05. The van der Waals surface area contributed by atoms with Gasteiger partial charge in [-0.3, -0.25) is 4.79 Å². The van der Waals surface area contributed by atoms with Crippen molar-refractivity contribution in [2.24, 2.45) is 0 Å². The molecule has 0 unspecified atom stereocenters. The highest BCUT2D eigenvalue weighted by Crippen LogP contribution is 2.18. The molecule has 0 bridgehead atoms. The Morgan fingerprint density at radius 3 is 2.70 bits per heavy atom. The summed E-state index contributed by atoms with van der Waals surface area (Å²) in [6, 6.07) is 7.47. The number of carbonyl (C=O) groups excluding carboxylic acids is 2. The van der Waals surface area contributed by atoms with E-state index in [1.807, 2.05) is 12.1 Å². The van der Waals surface area contributed by atoms with E-state index in [1.54, 1.807) is 12.1 Å². The molecule has 0 heterocycles. The van der Waals surface area contributed by atoms with Crippen LogP contribution in [0.1, 0.15) is 55.8 Å². The van der Waals surface area contributed by atoms with Gasteiger partial charge in [0.1, 0.15) is 0 Å². The van der Waals surface area contributed by atoms with Crippen LogP contribution in [0, 0.1) is 0 Å². The van der Waals surface area contributed by atoms with Crippen LogP contribution >= 0.6 is 0 Å². The normalized spacial score (nSPS) is 14.5. The monoisotopic (exact) mass is 318 g/mol. The molecule has 1 aliphatic carbocycles. The van der Waals surface area contributed by atoms with Crippen LogP contribution in [0.2, 0.25) is 0 Å². The van der Waals surface area contributed by atoms with Crippen molar-refractivity contribution in [3.05, 3.63) is 29.8 Å². The van der Waals surface area contributed by atoms with E-state index >= 15 is 0 Å². The molecule has 23 heavy (non-hydrogen) atoms. The van der Waals surface area contributed by atoms with Gasteiger partial charge in [-0.2, -0.15) is 0 Å². The Morgan fingerprint density at radius 1 is 1.22 bits per heavy atom. The van der Waals surface area contributed by atoms with Gasteiger partial charge >= 0.3 is 5.97 Å². The third kappa shape index (κ3) is 5.58. The summed E-state index contributed by atoms with van der Waals surface area (Å²) in [5, 5.41) is 6.15. The Kier molecular flexibility index (Phi) is 6.91. The maximum absolute atomic E-state index is 12.2. The first-order valence-electron chi connectivity index (χ1n) is 8.50. The number of benzene rings is 1. The van der Waals surface area contributed by atoms with Gasteiger partial charge < -0.3 is 15.4 Å². The van der Waals surface area contributed by atoms with E-state index in [4.69, 9.17) is 4.74 Å². The van der Waals surface area contributed by atoms with Crippen LogP contribution in [0.3, 0.4) is 0 Å². The second kappa shape index (κ2) is 9.18. The minimum absolute atomic E-state index is 0.221. The van der Waals surface area contributed by atoms with E-state index in [0.717, 1.165) is 50.8 Å². The van der Waals surface area contributed by atoms with Crippen molar-refractivity contribution in [1.29, 1.82) is 0 Å². The van der Waals surface area contributed by atoms with Gasteiger partial charge in [-0.25, -0.2) is 4.79 Å². The van der Waals surface area contributed by atoms with Crippen molar-refractivity contribution in [3.8, 4) is 0 Å². The van der Waals surface area contributed by atoms with Crippen molar-refractivity contribution in [1.82, 2.24) is 5.32 Å². The lowest BCUT2D eigenvalue weighted by Crippen LogP contribution is -2.35. The summed E-state index contributed by atoms with van der Waals surface area (Å²) in [5.74, 6) is -0.687. The average Bonchev–Trinajstić information content (AvgIpc) is 3.06. The Bertz CT molecular complexity index is 525. The van der Waals surface area contributed by atoms with Crippen LogP contribution in [-0.2, 0) is 9.53 Å². The first-order chi connectivity index (χ1) is 11.2. The maximum atomic E-state index is 12.2. The molecular weight excluding hydrogens is 292 g/mol. The van der Waals surface area contributed by atoms with Gasteiger partial charge in [-0.1, -0.05) is 38.3 Å². The van der Waals surface area contributed by atoms with E-state index in [1.165, 1.54) is 0 Å². The summed E-state index contributed by atoms with van der Waals surface area (Å²) in [6.07, 6.45) is 6.46. The zero-order valence-electron chi connectivity index (χ0n) is 13.8. The molecule has 5 heteroatoms. The Labute approximate surface area is 137 Å². The zero-order chi connectivity index (χ0) is 16.5.